The second-order valence-electron chi connectivity index (χ2n) is 6.38. The van der Waals surface area contributed by atoms with Gasteiger partial charge in [-0.2, -0.15) is 4.31 Å². The SMILES string of the molecule is COc1ccc(C(=O)N2CCC[C@H]2C(=O)O)cc1S(=O)(=O)N1CCOCC1. The zero-order chi connectivity index (χ0) is 19.6. The maximum atomic E-state index is 13.0. The summed E-state index contributed by atoms with van der Waals surface area (Å²) in [6.07, 6.45) is 0.980. The first kappa shape index (κ1) is 19.6. The number of methoxy groups -OCH3 is 1. The fourth-order valence-corrected chi connectivity index (χ4v) is 4.96. The Morgan fingerprint density at radius 1 is 1.22 bits per heavy atom. The molecule has 0 unspecified atom stereocenters. The number of aliphatic carboxylic acids is 1. The molecule has 0 aliphatic carbocycles. The Labute approximate surface area is 157 Å². The van der Waals surface area contributed by atoms with Crippen molar-refractivity contribution in [1.82, 2.24) is 9.21 Å². The van der Waals surface area contributed by atoms with Crippen molar-refractivity contribution in [3.8, 4) is 5.75 Å². The van der Waals surface area contributed by atoms with Crippen LogP contribution >= 0.6 is 0 Å². The van der Waals surface area contributed by atoms with Gasteiger partial charge in [-0.3, -0.25) is 4.79 Å². The number of ether oxygens (including phenoxy) is 2. The van der Waals surface area contributed by atoms with Gasteiger partial charge >= 0.3 is 5.97 Å². The number of carboxylic acids is 1. The van der Waals surface area contributed by atoms with Crippen LogP contribution in [-0.4, -0.2) is 80.6 Å². The molecule has 3 rings (SSSR count). The van der Waals surface area contributed by atoms with Crippen LogP contribution in [0.4, 0.5) is 0 Å². The molecule has 1 N–H and O–H groups in total. The molecular weight excluding hydrogens is 376 g/mol. The fraction of sp³-hybridized carbons (Fsp3) is 0.529. The van der Waals surface area contributed by atoms with Crippen LogP contribution < -0.4 is 4.74 Å². The minimum absolute atomic E-state index is 0.108. The lowest BCUT2D eigenvalue weighted by atomic mass is 10.1. The molecule has 0 bridgehead atoms. The van der Waals surface area contributed by atoms with E-state index in [-0.39, 0.29) is 29.3 Å². The number of carbonyl (C=O) groups excluding carboxylic acids is 1. The molecule has 2 aliphatic heterocycles. The lowest BCUT2D eigenvalue weighted by molar-refractivity contribution is -0.141. The summed E-state index contributed by atoms with van der Waals surface area (Å²) in [5.74, 6) is -1.43. The number of morpholine rings is 1. The van der Waals surface area contributed by atoms with Gasteiger partial charge in [0.05, 0.1) is 20.3 Å². The van der Waals surface area contributed by atoms with E-state index in [1.807, 2.05) is 0 Å². The van der Waals surface area contributed by atoms with Crippen molar-refractivity contribution in [2.75, 3.05) is 40.0 Å². The number of amides is 1. The molecule has 2 fully saturated rings. The predicted octanol–water partition coefficient (Wildman–Crippen LogP) is 0.405. The average Bonchev–Trinajstić information content (AvgIpc) is 3.17. The van der Waals surface area contributed by atoms with Crippen molar-refractivity contribution in [2.24, 2.45) is 0 Å². The van der Waals surface area contributed by atoms with Crippen LogP contribution in [-0.2, 0) is 19.6 Å². The van der Waals surface area contributed by atoms with Crippen molar-refractivity contribution in [3.05, 3.63) is 23.8 Å². The zero-order valence-corrected chi connectivity index (χ0v) is 15.8. The second-order valence-corrected chi connectivity index (χ2v) is 8.28. The number of rotatable bonds is 5. The number of sulfonamides is 1. The normalized spacial score (nSPS) is 21.2. The molecule has 1 amide bonds. The summed E-state index contributed by atoms with van der Waals surface area (Å²) >= 11 is 0. The van der Waals surface area contributed by atoms with E-state index in [4.69, 9.17) is 9.47 Å². The first-order chi connectivity index (χ1) is 12.9. The van der Waals surface area contributed by atoms with Gasteiger partial charge in [-0.15, -0.1) is 0 Å². The van der Waals surface area contributed by atoms with E-state index in [1.165, 1.54) is 34.5 Å². The Morgan fingerprint density at radius 2 is 1.93 bits per heavy atom. The highest BCUT2D eigenvalue weighted by Crippen LogP contribution is 2.30. The number of hydrogen-bond donors (Lipinski definition) is 1. The third-order valence-electron chi connectivity index (χ3n) is 4.80. The number of benzene rings is 1. The molecule has 0 spiro atoms. The van der Waals surface area contributed by atoms with E-state index in [1.54, 1.807) is 0 Å². The summed E-state index contributed by atoms with van der Waals surface area (Å²) in [5, 5.41) is 9.29. The summed E-state index contributed by atoms with van der Waals surface area (Å²) in [4.78, 5) is 25.3. The van der Waals surface area contributed by atoms with Crippen molar-refractivity contribution >= 4 is 21.9 Å². The minimum Gasteiger partial charge on any atom is -0.495 e. The maximum Gasteiger partial charge on any atom is 0.326 e. The van der Waals surface area contributed by atoms with Gasteiger partial charge in [-0.25, -0.2) is 13.2 Å². The third-order valence-corrected chi connectivity index (χ3v) is 6.72. The highest BCUT2D eigenvalue weighted by molar-refractivity contribution is 7.89. The molecule has 0 saturated carbocycles. The summed E-state index contributed by atoms with van der Waals surface area (Å²) < 4.78 is 37.7. The molecule has 10 heteroatoms. The molecule has 1 aromatic carbocycles. The van der Waals surface area contributed by atoms with Gasteiger partial charge in [0.15, 0.2) is 0 Å². The largest absolute Gasteiger partial charge is 0.495 e. The van der Waals surface area contributed by atoms with Gasteiger partial charge in [-0.05, 0) is 31.0 Å². The number of carbonyl (C=O) groups is 2. The molecule has 27 heavy (non-hydrogen) atoms. The monoisotopic (exact) mass is 398 g/mol. The van der Waals surface area contributed by atoms with Crippen LogP contribution in [0.2, 0.25) is 0 Å². The molecule has 1 aromatic rings. The number of likely N-dealkylation sites (tertiary alicyclic amines) is 1. The molecule has 9 nitrogen and oxygen atoms in total. The zero-order valence-electron chi connectivity index (χ0n) is 15.0. The fourth-order valence-electron chi connectivity index (χ4n) is 3.37. The van der Waals surface area contributed by atoms with Gasteiger partial charge in [0.2, 0.25) is 10.0 Å². The van der Waals surface area contributed by atoms with Crippen LogP contribution in [0.3, 0.4) is 0 Å². The predicted molar refractivity (Wildman–Crippen MR) is 94.3 cm³/mol. The van der Waals surface area contributed by atoms with E-state index >= 15 is 0 Å². The molecule has 0 aromatic heterocycles. The molecule has 2 aliphatic rings. The van der Waals surface area contributed by atoms with E-state index in [9.17, 15) is 23.1 Å². The van der Waals surface area contributed by atoms with Crippen LogP contribution in [0.15, 0.2) is 23.1 Å². The van der Waals surface area contributed by atoms with E-state index in [0.29, 0.717) is 32.6 Å². The third kappa shape index (κ3) is 3.78. The van der Waals surface area contributed by atoms with Gasteiger partial charge in [0.25, 0.3) is 5.91 Å². The second kappa shape index (κ2) is 7.83. The summed E-state index contributed by atoms with van der Waals surface area (Å²) in [6, 6.07) is 3.26. The molecule has 148 valence electrons. The topological polar surface area (TPSA) is 113 Å². The Hall–Kier alpha value is -2.17. The van der Waals surface area contributed by atoms with Crippen molar-refractivity contribution in [1.29, 1.82) is 0 Å². The van der Waals surface area contributed by atoms with Crippen LogP contribution in [0.1, 0.15) is 23.2 Å². The van der Waals surface area contributed by atoms with Crippen LogP contribution in [0.25, 0.3) is 0 Å². The van der Waals surface area contributed by atoms with Gasteiger partial charge < -0.3 is 19.5 Å². The van der Waals surface area contributed by atoms with Crippen molar-refractivity contribution in [2.45, 2.75) is 23.8 Å². The maximum absolute atomic E-state index is 13.0. The van der Waals surface area contributed by atoms with Gasteiger partial charge in [0.1, 0.15) is 16.7 Å². The quantitative estimate of drug-likeness (QED) is 0.764. The number of carboxylic acid groups (broad SMARTS) is 1. The van der Waals surface area contributed by atoms with Crippen molar-refractivity contribution in [3.63, 3.8) is 0 Å². The minimum atomic E-state index is -3.87. The highest BCUT2D eigenvalue weighted by Gasteiger charge is 2.36. The lowest BCUT2D eigenvalue weighted by Gasteiger charge is -2.27. The Balaban J connectivity index is 1.96. The standard InChI is InChI=1S/C17H22N2O7S/c1-25-14-5-4-12(16(20)19-6-2-3-13(19)17(21)22)11-15(14)27(23,24)18-7-9-26-10-8-18/h4-5,11,13H,2-3,6-10H2,1H3,(H,21,22)/t13-/m0/s1. The summed E-state index contributed by atoms with van der Waals surface area (Å²) in [6.45, 7) is 1.36. The number of nitrogens with zero attached hydrogens (tertiary/aromatic N) is 2. The summed E-state index contributed by atoms with van der Waals surface area (Å²) in [5.41, 5.74) is 0.121. The molecule has 2 saturated heterocycles. The van der Waals surface area contributed by atoms with Crippen molar-refractivity contribution < 1.29 is 32.6 Å². The molecule has 1 atom stereocenters. The van der Waals surface area contributed by atoms with Gasteiger partial charge in [0, 0.05) is 25.2 Å². The van der Waals surface area contributed by atoms with Crippen LogP contribution in [0.5, 0.6) is 5.75 Å². The highest BCUT2D eigenvalue weighted by atomic mass is 32.2. The first-order valence-electron chi connectivity index (χ1n) is 8.66. The Kier molecular flexibility index (Phi) is 5.68. The molecule has 0 radical (unpaired) electrons. The Morgan fingerprint density at radius 3 is 2.56 bits per heavy atom. The summed E-state index contributed by atoms with van der Waals surface area (Å²) in [7, 11) is -2.52. The van der Waals surface area contributed by atoms with E-state index in [0.717, 1.165) is 0 Å². The van der Waals surface area contributed by atoms with Crippen LogP contribution in [0, 0.1) is 0 Å². The van der Waals surface area contributed by atoms with Gasteiger partial charge in [-0.1, -0.05) is 0 Å². The smallest absolute Gasteiger partial charge is 0.326 e. The molecule has 2 heterocycles. The van der Waals surface area contributed by atoms with E-state index in [2.05, 4.69) is 0 Å². The molecular formula is C17H22N2O7S. The lowest BCUT2D eigenvalue weighted by Crippen LogP contribution is -2.41. The van der Waals surface area contributed by atoms with E-state index < -0.39 is 27.9 Å². The average molecular weight is 398 g/mol. The first-order valence-corrected chi connectivity index (χ1v) is 10.1. The number of hydrogen-bond acceptors (Lipinski definition) is 6. The Bertz CT molecular complexity index is 834.